The van der Waals surface area contributed by atoms with Crippen molar-refractivity contribution in [3.8, 4) is 16.9 Å². The Morgan fingerprint density at radius 3 is 2.86 bits per heavy atom. The van der Waals surface area contributed by atoms with Gasteiger partial charge in [-0.15, -0.1) is 0 Å². The number of methoxy groups -OCH3 is 1. The Kier molecular flexibility index (Phi) is 5.31. The van der Waals surface area contributed by atoms with Crippen LogP contribution in [0.25, 0.3) is 22.0 Å². The number of para-hydroxylation sites is 1. The van der Waals surface area contributed by atoms with Crippen molar-refractivity contribution in [1.82, 2.24) is 9.97 Å². The number of nitrogens with two attached hydrogens (primary N) is 2. The van der Waals surface area contributed by atoms with Crippen molar-refractivity contribution in [2.45, 2.75) is 12.8 Å². The molecule has 1 atom stereocenters. The summed E-state index contributed by atoms with van der Waals surface area (Å²) in [6, 6.07) is 11.5. The zero-order valence-corrected chi connectivity index (χ0v) is 16.5. The number of hydrogen-bond donors (Lipinski definition) is 2. The molecule has 150 valence electrons. The fourth-order valence-electron chi connectivity index (χ4n) is 4.08. The van der Waals surface area contributed by atoms with Crippen LogP contribution in [0.2, 0.25) is 0 Å². The maximum atomic E-state index is 12.2. The number of fused-ring (bicyclic) bond motifs is 1. The summed E-state index contributed by atoms with van der Waals surface area (Å²) in [5, 5.41) is 0.808. The highest BCUT2D eigenvalue weighted by atomic mass is 16.5. The van der Waals surface area contributed by atoms with Crippen LogP contribution in [-0.4, -0.2) is 42.6 Å². The molecule has 4 rings (SSSR count). The molecule has 0 bridgehead atoms. The van der Waals surface area contributed by atoms with E-state index in [1.54, 1.807) is 13.2 Å². The van der Waals surface area contributed by atoms with Crippen LogP contribution >= 0.6 is 0 Å². The summed E-state index contributed by atoms with van der Waals surface area (Å²) < 4.78 is 5.52. The molecular formula is C22H25N5O2. The van der Waals surface area contributed by atoms with Crippen LogP contribution in [0.1, 0.15) is 23.2 Å². The highest BCUT2D eigenvalue weighted by Crippen LogP contribution is 2.36. The first-order chi connectivity index (χ1) is 14.1. The third-order valence-electron chi connectivity index (χ3n) is 5.55. The van der Waals surface area contributed by atoms with E-state index in [0.717, 1.165) is 54.0 Å². The number of ether oxygens (including phenoxy) is 1. The lowest BCUT2D eigenvalue weighted by atomic mass is 9.96. The molecular weight excluding hydrogens is 366 g/mol. The molecule has 29 heavy (non-hydrogen) atoms. The molecule has 4 N–H and O–H groups in total. The highest BCUT2D eigenvalue weighted by Gasteiger charge is 2.23. The van der Waals surface area contributed by atoms with Crippen molar-refractivity contribution in [3.63, 3.8) is 0 Å². The summed E-state index contributed by atoms with van der Waals surface area (Å²) in [5.74, 6) is 1.45. The standard InChI is InChI=1S/C22H25N5O2/c1-29-19-7-3-2-6-16(19)15-9-17(21(24)28)20-18(10-15)22(26-13-25-20)27-8-4-5-14(11-23)12-27/h2-3,6-7,9-10,13-14H,4-5,8,11-12,23H2,1H3,(H2,24,28). The van der Waals surface area contributed by atoms with Crippen LogP contribution in [0, 0.1) is 5.92 Å². The first-order valence-electron chi connectivity index (χ1n) is 9.79. The zero-order chi connectivity index (χ0) is 20.4. The van der Waals surface area contributed by atoms with E-state index in [1.165, 1.54) is 6.33 Å². The summed E-state index contributed by atoms with van der Waals surface area (Å²) in [7, 11) is 1.63. The molecule has 1 aromatic heterocycles. The third-order valence-corrected chi connectivity index (χ3v) is 5.55. The van der Waals surface area contributed by atoms with Crippen molar-refractivity contribution in [2.75, 3.05) is 31.6 Å². The average Bonchev–Trinajstić information content (AvgIpc) is 2.77. The van der Waals surface area contributed by atoms with Gasteiger partial charge in [-0.25, -0.2) is 9.97 Å². The number of anilines is 1. The van der Waals surface area contributed by atoms with Crippen molar-refractivity contribution < 1.29 is 9.53 Å². The molecule has 0 radical (unpaired) electrons. The van der Waals surface area contributed by atoms with Gasteiger partial charge < -0.3 is 21.1 Å². The van der Waals surface area contributed by atoms with Crippen LogP contribution in [0.4, 0.5) is 5.82 Å². The van der Waals surface area contributed by atoms with Crippen LogP contribution in [-0.2, 0) is 0 Å². The fraction of sp³-hybridized carbons (Fsp3) is 0.318. The van der Waals surface area contributed by atoms with E-state index in [9.17, 15) is 4.79 Å². The zero-order valence-electron chi connectivity index (χ0n) is 16.5. The second kappa shape index (κ2) is 8.05. The van der Waals surface area contributed by atoms with E-state index < -0.39 is 5.91 Å². The molecule has 2 aromatic carbocycles. The van der Waals surface area contributed by atoms with E-state index in [0.29, 0.717) is 23.5 Å². The Bertz CT molecular complexity index is 1050. The number of aromatic nitrogens is 2. The fourth-order valence-corrected chi connectivity index (χ4v) is 4.08. The molecule has 3 aromatic rings. The maximum absolute atomic E-state index is 12.2. The number of benzene rings is 2. The van der Waals surface area contributed by atoms with Gasteiger partial charge in [-0.1, -0.05) is 18.2 Å². The Morgan fingerprint density at radius 1 is 1.28 bits per heavy atom. The van der Waals surface area contributed by atoms with Crippen molar-refractivity contribution in [1.29, 1.82) is 0 Å². The lowest BCUT2D eigenvalue weighted by Gasteiger charge is -2.33. The van der Waals surface area contributed by atoms with Gasteiger partial charge in [0.05, 0.1) is 18.2 Å². The number of carbonyl (C=O) groups is 1. The number of carbonyl (C=O) groups excluding carboxylic acids is 1. The SMILES string of the molecule is COc1ccccc1-c1cc(C(N)=O)c2ncnc(N3CCCC(CN)C3)c2c1. The maximum Gasteiger partial charge on any atom is 0.250 e. The minimum Gasteiger partial charge on any atom is -0.496 e. The van der Waals surface area contributed by atoms with Crippen LogP contribution in [0.15, 0.2) is 42.7 Å². The smallest absolute Gasteiger partial charge is 0.250 e. The molecule has 0 aliphatic carbocycles. The minimum atomic E-state index is -0.519. The number of piperidine rings is 1. The highest BCUT2D eigenvalue weighted by molar-refractivity contribution is 6.09. The van der Waals surface area contributed by atoms with E-state index in [4.69, 9.17) is 16.2 Å². The molecule has 1 aliphatic rings. The van der Waals surface area contributed by atoms with E-state index in [-0.39, 0.29) is 0 Å². The van der Waals surface area contributed by atoms with E-state index in [1.807, 2.05) is 30.3 Å². The quantitative estimate of drug-likeness (QED) is 0.692. The lowest BCUT2D eigenvalue weighted by Crippen LogP contribution is -2.39. The van der Waals surface area contributed by atoms with Crippen molar-refractivity contribution >= 4 is 22.6 Å². The predicted molar refractivity (Wildman–Crippen MR) is 114 cm³/mol. The molecule has 1 amide bonds. The second-order valence-electron chi connectivity index (χ2n) is 7.37. The number of amides is 1. The van der Waals surface area contributed by atoms with Gasteiger partial charge in [0.15, 0.2) is 0 Å². The van der Waals surface area contributed by atoms with Crippen molar-refractivity contribution in [3.05, 3.63) is 48.3 Å². The molecule has 7 heteroatoms. The lowest BCUT2D eigenvalue weighted by molar-refractivity contribution is 0.100. The monoisotopic (exact) mass is 391 g/mol. The van der Waals surface area contributed by atoms with Gasteiger partial charge in [0.2, 0.25) is 0 Å². The van der Waals surface area contributed by atoms with Gasteiger partial charge in [-0.05, 0) is 49.1 Å². The Hall–Kier alpha value is -3.19. The summed E-state index contributed by atoms with van der Waals surface area (Å²) in [6.45, 7) is 2.39. The van der Waals surface area contributed by atoms with Crippen LogP contribution < -0.4 is 21.1 Å². The van der Waals surface area contributed by atoms with Crippen molar-refractivity contribution in [2.24, 2.45) is 17.4 Å². The summed E-state index contributed by atoms with van der Waals surface area (Å²) >= 11 is 0. The number of rotatable bonds is 5. The second-order valence-corrected chi connectivity index (χ2v) is 7.37. The summed E-state index contributed by atoms with van der Waals surface area (Å²) in [4.78, 5) is 23.4. The average molecular weight is 391 g/mol. The Morgan fingerprint density at radius 2 is 2.10 bits per heavy atom. The minimum absolute atomic E-state index is 0.374. The predicted octanol–water partition coefficient (Wildman–Crippen LogP) is 2.58. The number of primary amides is 1. The van der Waals surface area contributed by atoms with E-state index >= 15 is 0 Å². The van der Waals surface area contributed by atoms with Gasteiger partial charge in [0.25, 0.3) is 5.91 Å². The topological polar surface area (TPSA) is 107 Å². The van der Waals surface area contributed by atoms with Crippen LogP contribution in [0.3, 0.4) is 0 Å². The molecule has 0 spiro atoms. The Balaban J connectivity index is 1.93. The number of nitrogens with zero attached hydrogens (tertiary/aromatic N) is 3. The molecule has 2 heterocycles. The Labute approximate surface area is 169 Å². The first-order valence-corrected chi connectivity index (χ1v) is 9.79. The molecule has 1 unspecified atom stereocenters. The normalized spacial score (nSPS) is 16.8. The van der Waals surface area contributed by atoms with Gasteiger partial charge in [-0.2, -0.15) is 0 Å². The molecule has 1 saturated heterocycles. The van der Waals surface area contributed by atoms with Gasteiger partial charge >= 0.3 is 0 Å². The largest absolute Gasteiger partial charge is 0.496 e. The first kappa shape index (κ1) is 19.1. The molecule has 7 nitrogen and oxygen atoms in total. The number of hydrogen-bond acceptors (Lipinski definition) is 6. The molecule has 1 aliphatic heterocycles. The van der Waals surface area contributed by atoms with Gasteiger partial charge in [0, 0.05) is 24.0 Å². The molecule has 1 fully saturated rings. The summed E-state index contributed by atoms with van der Waals surface area (Å²) in [5.41, 5.74) is 14.3. The van der Waals surface area contributed by atoms with Crippen LogP contribution in [0.5, 0.6) is 5.75 Å². The summed E-state index contributed by atoms with van der Waals surface area (Å²) in [6.07, 6.45) is 3.68. The van der Waals surface area contributed by atoms with Gasteiger partial charge in [-0.3, -0.25) is 4.79 Å². The third kappa shape index (κ3) is 3.61. The van der Waals surface area contributed by atoms with Gasteiger partial charge in [0.1, 0.15) is 17.9 Å². The molecule has 0 saturated carbocycles. The van der Waals surface area contributed by atoms with E-state index in [2.05, 4.69) is 14.9 Å².